The maximum absolute atomic E-state index is 13.2. The number of benzene rings is 1. The Hall–Kier alpha value is -1.39. The second-order valence-electron chi connectivity index (χ2n) is 6.01. The normalized spacial score (nSPS) is 17.7. The molecule has 0 radical (unpaired) electrons. The number of rotatable bonds is 5. The van der Waals surface area contributed by atoms with Gasteiger partial charge in [0.1, 0.15) is 0 Å². The van der Waals surface area contributed by atoms with E-state index in [0.29, 0.717) is 6.54 Å². The van der Waals surface area contributed by atoms with Crippen molar-refractivity contribution >= 4 is 5.91 Å². The highest BCUT2D eigenvalue weighted by Crippen LogP contribution is 2.36. The Labute approximate surface area is 127 Å². The van der Waals surface area contributed by atoms with E-state index < -0.39 is 5.41 Å². The Morgan fingerprint density at radius 3 is 2.43 bits per heavy atom. The van der Waals surface area contributed by atoms with Crippen LogP contribution in [-0.4, -0.2) is 48.2 Å². The molecule has 1 fully saturated rings. The zero-order chi connectivity index (χ0) is 15.3. The Balaban J connectivity index is 2.37. The third-order valence-corrected chi connectivity index (χ3v) is 4.42. The van der Waals surface area contributed by atoms with Gasteiger partial charge in [0.15, 0.2) is 0 Å². The number of hydrogen-bond donors (Lipinski definition) is 2. The number of amides is 1. The Kier molecular flexibility index (Phi) is 5.37. The van der Waals surface area contributed by atoms with E-state index in [1.807, 2.05) is 36.9 Å². The summed E-state index contributed by atoms with van der Waals surface area (Å²) in [5, 5.41) is 12.6. The quantitative estimate of drug-likeness (QED) is 0.865. The molecule has 2 rings (SSSR count). The minimum atomic E-state index is -0.452. The fourth-order valence-corrected chi connectivity index (χ4v) is 3.21. The molecule has 1 aromatic carbocycles. The maximum Gasteiger partial charge on any atom is 0.233 e. The molecule has 0 unspecified atom stereocenters. The van der Waals surface area contributed by atoms with Crippen molar-refractivity contribution in [2.24, 2.45) is 0 Å². The van der Waals surface area contributed by atoms with Gasteiger partial charge in [-0.05, 0) is 45.3 Å². The van der Waals surface area contributed by atoms with Gasteiger partial charge in [0.05, 0.1) is 12.0 Å². The first-order chi connectivity index (χ1) is 10.1. The summed E-state index contributed by atoms with van der Waals surface area (Å²) in [5.41, 5.74) is 0.645. The van der Waals surface area contributed by atoms with Gasteiger partial charge in [-0.15, -0.1) is 0 Å². The topological polar surface area (TPSA) is 52.6 Å². The molecule has 4 nitrogen and oxygen atoms in total. The molecule has 2 N–H and O–H groups in total. The molecule has 1 aliphatic rings. The second kappa shape index (κ2) is 7.05. The van der Waals surface area contributed by atoms with Crippen molar-refractivity contribution in [3.05, 3.63) is 35.9 Å². The number of aliphatic hydroxyl groups excluding tert-OH is 1. The first-order valence-corrected chi connectivity index (χ1v) is 7.80. The van der Waals surface area contributed by atoms with Gasteiger partial charge < -0.3 is 15.3 Å². The average Bonchev–Trinajstić information content (AvgIpc) is 2.53. The van der Waals surface area contributed by atoms with Crippen LogP contribution >= 0.6 is 0 Å². The molecule has 1 heterocycles. The number of aliphatic hydroxyl groups is 1. The summed E-state index contributed by atoms with van der Waals surface area (Å²) >= 11 is 0. The highest BCUT2D eigenvalue weighted by molar-refractivity contribution is 5.88. The molecule has 0 aromatic heterocycles. The molecule has 1 amide bonds. The first kappa shape index (κ1) is 16.0. The summed E-state index contributed by atoms with van der Waals surface area (Å²) in [6.45, 7) is 6.13. The van der Waals surface area contributed by atoms with Crippen molar-refractivity contribution in [3.8, 4) is 0 Å². The van der Waals surface area contributed by atoms with E-state index in [-0.39, 0.29) is 18.6 Å². The Bertz CT molecular complexity index is 453. The fraction of sp³-hybridized carbons (Fsp3) is 0.588. The third kappa shape index (κ3) is 3.27. The smallest absolute Gasteiger partial charge is 0.233 e. The van der Waals surface area contributed by atoms with Crippen LogP contribution in [-0.2, 0) is 10.2 Å². The number of nitrogens with zero attached hydrogens (tertiary/aromatic N) is 1. The van der Waals surface area contributed by atoms with E-state index >= 15 is 0 Å². The number of carbonyl (C=O) groups excluding carboxylic acids is 1. The number of nitrogens with one attached hydrogen (secondary N) is 1. The van der Waals surface area contributed by atoms with Crippen LogP contribution in [0.4, 0.5) is 0 Å². The first-order valence-electron chi connectivity index (χ1n) is 7.80. The number of carbonyl (C=O) groups is 1. The van der Waals surface area contributed by atoms with E-state index in [1.54, 1.807) is 0 Å². The largest absolute Gasteiger partial charge is 0.395 e. The molecular weight excluding hydrogens is 264 g/mol. The molecule has 4 heteroatoms. The van der Waals surface area contributed by atoms with Gasteiger partial charge in [-0.2, -0.15) is 0 Å². The highest BCUT2D eigenvalue weighted by atomic mass is 16.3. The molecule has 1 saturated heterocycles. The van der Waals surface area contributed by atoms with Crippen molar-refractivity contribution in [1.82, 2.24) is 10.2 Å². The second-order valence-corrected chi connectivity index (χ2v) is 6.01. The molecule has 0 spiro atoms. The van der Waals surface area contributed by atoms with Crippen molar-refractivity contribution in [1.29, 1.82) is 0 Å². The molecule has 21 heavy (non-hydrogen) atoms. The summed E-state index contributed by atoms with van der Waals surface area (Å²) in [6, 6.07) is 10.2. The zero-order valence-corrected chi connectivity index (χ0v) is 13.0. The lowest BCUT2D eigenvalue weighted by Crippen LogP contribution is -2.54. The predicted octanol–water partition coefficient (Wildman–Crippen LogP) is 1.54. The molecule has 0 atom stereocenters. The molecular formula is C17H26N2O2. The van der Waals surface area contributed by atoms with Crippen LogP contribution in [0.3, 0.4) is 0 Å². The number of piperidine rings is 1. The zero-order valence-electron chi connectivity index (χ0n) is 13.0. The number of hydrogen-bond acceptors (Lipinski definition) is 3. The van der Waals surface area contributed by atoms with E-state index in [9.17, 15) is 9.90 Å². The van der Waals surface area contributed by atoms with E-state index in [4.69, 9.17) is 0 Å². The summed E-state index contributed by atoms with van der Waals surface area (Å²) in [7, 11) is 0. The van der Waals surface area contributed by atoms with Gasteiger partial charge in [0.2, 0.25) is 5.91 Å². The van der Waals surface area contributed by atoms with Gasteiger partial charge in [-0.3, -0.25) is 4.79 Å². The molecule has 116 valence electrons. The predicted molar refractivity (Wildman–Crippen MR) is 84.2 cm³/mol. The summed E-state index contributed by atoms with van der Waals surface area (Å²) in [6.07, 6.45) is 1.62. The van der Waals surface area contributed by atoms with Gasteiger partial charge >= 0.3 is 0 Å². The van der Waals surface area contributed by atoms with Crippen LogP contribution < -0.4 is 5.32 Å². The van der Waals surface area contributed by atoms with Crippen LogP contribution in [0.25, 0.3) is 0 Å². The molecule has 1 aromatic rings. The van der Waals surface area contributed by atoms with Crippen LogP contribution in [0.15, 0.2) is 30.3 Å². The lowest BCUT2D eigenvalue weighted by atomic mass is 9.72. The molecule has 1 aliphatic heterocycles. The van der Waals surface area contributed by atoms with Gasteiger partial charge in [-0.25, -0.2) is 0 Å². The Morgan fingerprint density at radius 2 is 1.90 bits per heavy atom. The lowest BCUT2D eigenvalue weighted by Gasteiger charge is -2.41. The van der Waals surface area contributed by atoms with Crippen LogP contribution in [0.5, 0.6) is 0 Å². The lowest BCUT2D eigenvalue weighted by molar-refractivity contribution is -0.141. The highest BCUT2D eigenvalue weighted by Gasteiger charge is 2.43. The summed E-state index contributed by atoms with van der Waals surface area (Å²) in [4.78, 5) is 15.1. The average molecular weight is 290 g/mol. The van der Waals surface area contributed by atoms with Crippen molar-refractivity contribution in [3.63, 3.8) is 0 Å². The van der Waals surface area contributed by atoms with E-state index in [2.05, 4.69) is 17.4 Å². The SMILES string of the molecule is CC(C)N(CCO)C(=O)C1(c2ccccc2)CCNCC1. The standard InChI is InChI=1S/C17H26N2O2/c1-14(2)19(12-13-20)16(21)17(8-10-18-11-9-17)15-6-4-3-5-7-15/h3-7,14,18,20H,8-13H2,1-2H3. The Morgan fingerprint density at radius 1 is 1.29 bits per heavy atom. The monoisotopic (exact) mass is 290 g/mol. The fourth-order valence-electron chi connectivity index (χ4n) is 3.21. The van der Waals surface area contributed by atoms with Crippen LogP contribution in [0.1, 0.15) is 32.3 Å². The van der Waals surface area contributed by atoms with Crippen LogP contribution in [0, 0.1) is 0 Å². The maximum atomic E-state index is 13.2. The molecule has 0 bridgehead atoms. The van der Waals surface area contributed by atoms with Crippen LogP contribution in [0.2, 0.25) is 0 Å². The summed E-state index contributed by atoms with van der Waals surface area (Å²) in [5.74, 6) is 0.152. The van der Waals surface area contributed by atoms with E-state index in [1.165, 1.54) is 0 Å². The minimum absolute atomic E-state index is 0.00698. The molecule has 0 saturated carbocycles. The third-order valence-electron chi connectivity index (χ3n) is 4.42. The van der Waals surface area contributed by atoms with Crippen molar-refractivity contribution in [2.45, 2.75) is 38.1 Å². The van der Waals surface area contributed by atoms with Gasteiger partial charge in [-0.1, -0.05) is 30.3 Å². The summed E-state index contributed by atoms with van der Waals surface area (Å²) < 4.78 is 0. The van der Waals surface area contributed by atoms with Gasteiger partial charge in [0.25, 0.3) is 0 Å². The van der Waals surface area contributed by atoms with Gasteiger partial charge in [0, 0.05) is 12.6 Å². The van der Waals surface area contributed by atoms with Crippen molar-refractivity contribution < 1.29 is 9.90 Å². The van der Waals surface area contributed by atoms with E-state index in [0.717, 1.165) is 31.5 Å². The minimum Gasteiger partial charge on any atom is -0.395 e. The molecule has 0 aliphatic carbocycles. The van der Waals surface area contributed by atoms with Crippen molar-refractivity contribution in [2.75, 3.05) is 26.2 Å².